The molecule has 1 fully saturated rings. The van der Waals surface area contributed by atoms with Crippen molar-refractivity contribution < 1.29 is 9.53 Å². The molecule has 3 aromatic carbocycles. The van der Waals surface area contributed by atoms with Crippen molar-refractivity contribution >= 4 is 34.7 Å². The number of nitrogens with two attached hydrogens (primary N) is 1. The zero-order valence-corrected chi connectivity index (χ0v) is 18.0. The first-order valence-electron chi connectivity index (χ1n) is 10.8. The summed E-state index contributed by atoms with van der Waals surface area (Å²) >= 11 is 0. The fourth-order valence-electron chi connectivity index (χ4n) is 3.54. The van der Waals surface area contributed by atoms with Gasteiger partial charge in [0.25, 0.3) is 0 Å². The Morgan fingerprint density at radius 2 is 1.78 bits per heavy atom. The van der Waals surface area contributed by atoms with Gasteiger partial charge in [-0.25, -0.2) is 0 Å². The standard InChI is InChI=1S/C26H28N4O2/c27-24-6-1-2-7-25(24)29-26(31)13-12-20-8-10-21(11-9-20)19-28-22-4-3-5-23(18-22)30-14-16-32-17-15-30/h1-13,18,28H,14-17,19,27H2,(H,29,31). The van der Waals surface area contributed by atoms with Crippen molar-refractivity contribution in [1.82, 2.24) is 0 Å². The average molecular weight is 429 g/mol. The smallest absolute Gasteiger partial charge is 0.248 e. The number of benzene rings is 3. The first-order chi connectivity index (χ1) is 15.7. The number of para-hydroxylation sites is 2. The number of nitrogen functional groups attached to an aromatic ring is 1. The van der Waals surface area contributed by atoms with Crippen molar-refractivity contribution in [2.24, 2.45) is 0 Å². The molecule has 1 aliphatic heterocycles. The lowest BCUT2D eigenvalue weighted by molar-refractivity contribution is -0.111. The van der Waals surface area contributed by atoms with Gasteiger partial charge < -0.3 is 26.0 Å². The molecule has 1 amide bonds. The maximum Gasteiger partial charge on any atom is 0.248 e. The minimum Gasteiger partial charge on any atom is -0.397 e. The molecule has 0 atom stereocenters. The van der Waals surface area contributed by atoms with Crippen molar-refractivity contribution in [3.05, 3.63) is 90.0 Å². The van der Waals surface area contributed by atoms with Crippen LogP contribution < -0.4 is 21.3 Å². The van der Waals surface area contributed by atoms with Gasteiger partial charge >= 0.3 is 0 Å². The lowest BCUT2D eigenvalue weighted by Crippen LogP contribution is -2.36. The number of rotatable bonds is 7. The van der Waals surface area contributed by atoms with Crippen LogP contribution in [-0.4, -0.2) is 32.2 Å². The van der Waals surface area contributed by atoms with Gasteiger partial charge in [0.1, 0.15) is 0 Å². The Balaban J connectivity index is 1.30. The molecule has 0 aromatic heterocycles. The summed E-state index contributed by atoms with van der Waals surface area (Å²) in [7, 11) is 0. The highest BCUT2D eigenvalue weighted by molar-refractivity contribution is 6.03. The minimum absolute atomic E-state index is 0.214. The Morgan fingerprint density at radius 1 is 1.00 bits per heavy atom. The molecule has 3 aromatic rings. The van der Waals surface area contributed by atoms with Gasteiger partial charge in [-0.3, -0.25) is 4.79 Å². The third-order valence-electron chi connectivity index (χ3n) is 5.34. The van der Waals surface area contributed by atoms with Crippen LogP contribution in [0.4, 0.5) is 22.7 Å². The Bertz CT molecular complexity index is 1070. The molecular formula is C26H28N4O2. The molecule has 0 radical (unpaired) electrons. The van der Waals surface area contributed by atoms with Crippen LogP contribution in [0.5, 0.6) is 0 Å². The van der Waals surface area contributed by atoms with Crippen molar-refractivity contribution in [1.29, 1.82) is 0 Å². The van der Waals surface area contributed by atoms with Gasteiger partial charge in [0, 0.05) is 37.1 Å². The van der Waals surface area contributed by atoms with Crippen LogP contribution in [-0.2, 0) is 16.1 Å². The second kappa shape index (κ2) is 10.5. The summed E-state index contributed by atoms with van der Waals surface area (Å²) in [6.07, 6.45) is 3.30. The lowest BCUT2D eigenvalue weighted by Gasteiger charge is -2.29. The van der Waals surface area contributed by atoms with Crippen LogP contribution in [0.2, 0.25) is 0 Å². The number of nitrogens with zero attached hydrogens (tertiary/aromatic N) is 1. The topological polar surface area (TPSA) is 79.6 Å². The molecule has 0 aliphatic carbocycles. The summed E-state index contributed by atoms with van der Waals surface area (Å²) in [5.74, 6) is -0.214. The van der Waals surface area contributed by atoms with Crippen LogP contribution in [0.3, 0.4) is 0 Å². The average Bonchev–Trinajstić information content (AvgIpc) is 2.84. The van der Waals surface area contributed by atoms with Gasteiger partial charge in [-0.15, -0.1) is 0 Å². The number of nitrogens with one attached hydrogen (secondary N) is 2. The first kappa shape index (κ1) is 21.5. The Labute approximate surface area is 188 Å². The van der Waals surface area contributed by atoms with Gasteiger partial charge in [-0.1, -0.05) is 42.5 Å². The highest BCUT2D eigenvalue weighted by atomic mass is 16.5. The Kier molecular flexibility index (Phi) is 7.05. The van der Waals surface area contributed by atoms with Gasteiger partial charge in [0.2, 0.25) is 5.91 Å². The van der Waals surface area contributed by atoms with Crippen LogP contribution in [0.25, 0.3) is 6.08 Å². The third kappa shape index (κ3) is 5.89. The van der Waals surface area contributed by atoms with E-state index < -0.39 is 0 Å². The third-order valence-corrected chi connectivity index (χ3v) is 5.34. The summed E-state index contributed by atoms with van der Waals surface area (Å²) in [5, 5.41) is 6.28. The zero-order valence-electron chi connectivity index (χ0n) is 18.0. The molecular weight excluding hydrogens is 400 g/mol. The van der Waals surface area contributed by atoms with Gasteiger partial charge in [0.15, 0.2) is 0 Å². The number of carbonyl (C=O) groups is 1. The van der Waals surface area contributed by atoms with Crippen molar-refractivity contribution in [3.63, 3.8) is 0 Å². The van der Waals surface area contributed by atoms with Crippen LogP contribution >= 0.6 is 0 Å². The van der Waals surface area contributed by atoms with Crippen molar-refractivity contribution in [3.8, 4) is 0 Å². The number of morpholine rings is 1. The number of hydrogen-bond acceptors (Lipinski definition) is 5. The first-order valence-corrected chi connectivity index (χ1v) is 10.8. The van der Waals surface area contributed by atoms with Gasteiger partial charge in [0.05, 0.1) is 24.6 Å². The highest BCUT2D eigenvalue weighted by Gasteiger charge is 2.11. The molecule has 1 heterocycles. The Hall–Kier alpha value is -3.77. The fourth-order valence-corrected chi connectivity index (χ4v) is 3.54. The van der Waals surface area contributed by atoms with Crippen molar-refractivity contribution in [2.75, 3.05) is 47.6 Å². The molecule has 6 heteroatoms. The fraction of sp³-hybridized carbons (Fsp3) is 0.192. The van der Waals surface area contributed by atoms with Crippen LogP contribution in [0, 0.1) is 0 Å². The molecule has 0 bridgehead atoms. The molecule has 1 saturated heterocycles. The molecule has 0 saturated carbocycles. The molecule has 1 aliphatic rings. The maximum atomic E-state index is 12.1. The van der Waals surface area contributed by atoms with E-state index in [0.717, 1.165) is 44.1 Å². The van der Waals surface area contributed by atoms with E-state index in [1.165, 1.54) is 17.3 Å². The largest absolute Gasteiger partial charge is 0.397 e. The van der Waals surface area contributed by atoms with Crippen LogP contribution in [0.1, 0.15) is 11.1 Å². The number of hydrogen-bond donors (Lipinski definition) is 3. The lowest BCUT2D eigenvalue weighted by atomic mass is 10.1. The molecule has 0 spiro atoms. The molecule has 0 unspecified atom stereocenters. The molecule has 4 N–H and O–H groups in total. The normalized spacial score (nSPS) is 13.8. The predicted octanol–water partition coefficient (Wildman–Crippen LogP) is 4.37. The van der Waals surface area contributed by atoms with Crippen molar-refractivity contribution in [2.45, 2.75) is 6.54 Å². The zero-order chi connectivity index (χ0) is 22.2. The van der Waals surface area contributed by atoms with E-state index in [1.54, 1.807) is 18.2 Å². The van der Waals surface area contributed by atoms with Crippen LogP contribution in [0.15, 0.2) is 78.9 Å². The molecule has 32 heavy (non-hydrogen) atoms. The summed E-state index contributed by atoms with van der Waals surface area (Å²) in [6.45, 7) is 4.13. The second-order valence-corrected chi connectivity index (χ2v) is 7.65. The maximum absolute atomic E-state index is 12.1. The van der Waals surface area contributed by atoms with E-state index in [0.29, 0.717) is 11.4 Å². The molecule has 4 rings (SSSR count). The SMILES string of the molecule is Nc1ccccc1NC(=O)C=Cc1ccc(CNc2cccc(N3CCOCC3)c2)cc1. The van der Waals surface area contributed by atoms with E-state index in [2.05, 4.69) is 51.9 Å². The predicted molar refractivity (Wildman–Crippen MR) is 132 cm³/mol. The number of anilines is 4. The van der Waals surface area contributed by atoms with E-state index >= 15 is 0 Å². The van der Waals surface area contributed by atoms with Gasteiger partial charge in [-0.2, -0.15) is 0 Å². The van der Waals surface area contributed by atoms with E-state index in [4.69, 9.17) is 10.5 Å². The van der Waals surface area contributed by atoms with E-state index in [1.807, 2.05) is 24.3 Å². The number of carbonyl (C=O) groups excluding carboxylic acids is 1. The van der Waals surface area contributed by atoms with Gasteiger partial charge in [-0.05, 0) is 47.5 Å². The summed E-state index contributed by atoms with van der Waals surface area (Å²) in [6, 6.07) is 23.8. The van der Waals surface area contributed by atoms with E-state index in [-0.39, 0.29) is 5.91 Å². The summed E-state index contributed by atoms with van der Waals surface area (Å²) < 4.78 is 5.44. The monoisotopic (exact) mass is 428 g/mol. The number of ether oxygens (including phenoxy) is 1. The quantitative estimate of drug-likeness (QED) is 0.385. The molecule has 164 valence electrons. The number of amides is 1. The Morgan fingerprint density at radius 3 is 2.56 bits per heavy atom. The molecule has 6 nitrogen and oxygen atoms in total. The summed E-state index contributed by atoms with van der Waals surface area (Å²) in [4.78, 5) is 14.5. The van der Waals surface area contributed by atoms with E-state index in [9.17, 15) is 4.79 Å². The second-order valence-electron chi connectivity index (χ2n) is 7.65. The highest BCUT2D eigenvalue weighted by Crippen LogP contribution is 2.21. The summed E-state index contributed by atoms with van der Waals surface area (Å²) in [5.41, 5.74) is 11.4. The minimum atomic E-state index is -0.214.